The van der Waals surface area contributed by atoms with Gasteiger partial charge in [-0.25, -0.2) is 0 Å². The molecule has 0 radical (unpaired) electrons. The maximum Gasteiger partial charge on any atom is 0.238 e. The molecule has 118 valence electrons. The fourth-order valence-electron chi connectivity index (χ4n) is 2.68. The molecule has 22 heavy (non-hydrogen) atoms. The van der Waals surface area contributed by atoms with E-state index in [-0.39, 0.29) is 12.0 Å². The van der Waals surface area contributed by atoms with Gasteiger partial charge >= 0.3 is 0 Å². The Morgan fingerprint density at radius 3 is 2.77 bits per heavy atom. The van der Waals surface area contributed by atoms with Crippen LogP contribution in [-0.4, -0.2) is 41.7 Å². The molecule has 1 atom stereocenters. The number of likely N-dealkylation sites (tertiary alicyclic amines) is 1. The molecular formula is C16H20ClN3O2. The zero-order valence-electron chi connectivity index (χ0n) is 12.6. The van der Waals surface area contributed by atoms with Crippen LogP contribution in [0.1, 0.15) is 25.3 Å². The monoisotopic (exact) mass is 321 g/mol. The van der Waals surface area contributed by atoms with Crippen LogP contribution in [0.4, 0.5) is 5.69 Å². The number of piperidine rings is 1. The van der Waals surface area contributed by atoms with Crippen LogP contribution in [-0.2, 0) is 4.79 Å². The van der Waals surface area contributed by atoms with Crippen LogP contribution >= 0.6 is 11.6 Å². The van der Waals surface area contributed by atoms with E-state index < -0.39 is 0 Å². The summed E-state index contributed by atoms with van der Waals surface area (Å²) in [6, 6.07) is 6.82. The van der Waals surface area contributed by atoms with Gasteiger partial charge in [0.05, 0.1) is 23.2 Å². The molecule has 1 aliphatic heterocycles. The van der Waals surface area contributed by atoms with E-state index in [4.69, 9.17) is 16.9 Å². The molecule has 0 aromatic heterocycles. The lowest BCUT2D eigenvalue weighted by molar-refractivity contribution is -0.117. The number of carbonyl (C=O) groups is 1. The number of nitriles is 1. The van der Waals surface area contributed by atoms with Gasteiger partial charge in [0.15, 0.2) is 0 Å². The highest BCUT2D eigenvalue weighted by Crippen LogP contribution is 2.22. The molecule has 5 nitrogen and oxygen atoms in total. The van der Waals surface area contributed by atoms with Gasteiger partial charge in [0.25, 0.3) is 0 Å². The number of hydrogen-bond donors (Lipinski definition) is 2. The van der Waals surface area contributed by atoms with E-state index in [1.54, 1.807) is 18.2 Å². The van der Waals surface area contributed by atoms with Crippen molar-refractivity contribution in [3.05, 3.63) is 28.8 Å². The Hall–Kier alpha value is -1.61. The van der Waals surface area contributed by atoms with E-state index in [1.807, 2.05) is 13.0 Å². The van der Waals surface area contributed by atoms with Gasteiger partial charge in [-0.1, -0.05) is 11.6 Å². The lowest BCUT2D eigenvalue weighted by Gasteiger charge is -2.32. The van der Waals surface area contributed by atoms with Gasteiger partial charge < -0.3 is 10.4 Å². The summed E-state index contributed by atoms with van der Waals surface area (Å²) in [5.41, 5.74) is 0.979. The normalized spacial score (nSPS) is 17.7. The number of hydrogen-bond acceptors (Lipinski definition) is 4. The Kier molecular flexibility index (Phi) is 5.78. The minimum absolute atomic E-state index is 0.101. The molecule has 1 aromatic carbocycles. The molecule has 1 aromatic rings. The molecule has 1 heterocycles. The quantitative estimate of drug-likeness (QED) is 0.891. The molecule has 1 aliphatic rings. The summed E-state index contributed by atoms with van der Waals surface area (Å²) in [6.45, 7) is 3.78. The first-order valence-corrected chi connectivity index (χ1v) is 7.77. The van der Waals surface area contributed by atoms with Crippen molar-refractivity contribution in [1.82, 2.24) is 4.90 Å². The van der Waals surface area contributed by atoms with E-state index in [0.29, 0.717) is 28.7 Å². The molecule has 0 spiro atoms. The molecule has 0 bridgehead atoms. The second kappa shape index (κ2) is 7.59. The topological polar surface area (TPSA) is 76.4 Å². The van der Waals surface area contributed by atoms with Crippen LogP contribution in [0.3, 0.4) is 0 Å². The van der Waals surface area contributed by atoms with Crippen LogP contribution in [0.15, 0.2) is 18.2 Å². The van der Waals surface area contributed by atoms with E-state index >= 15 is 0 Å². The lowest BCUT2D eigenvalue weighted by Crippen LogP contribution is -2.41. The molecule has 0 saturated carbocycles. The summed E-state index contributed by atoms with van der Waals surface area (Å²) in [4.78, 5) is 14.1. The number of nitrogens with one attached hydrogen (secondary N) is 1. The van der Waals surface area contributed by atoms with Gasteiger partial charge in [0, 0.05) is 5.69 Å². The molecule has 1 fully saturated rings. The highest BCUT2D eigenvalue weighted by atomic mass is 35.5. The Bertz CT molecular complexity index is 575. The van der Waals surface area contributed by atoms with Crippen molar-refractivity contribution >= 4 is 23.2 Å². The van der Waals surface area contributed by atoms with Gasteiger partial charge in [-0.05, 0) is 57.0 Å². The molecule has 2 rings (SSSR count). The minimum atomic E-state index is -0.281. The van der Waals surface area contributed by atoms with Crippen LogP contribution in [0.5, 0.6) is 0 Å². The average molecular weight is 322 g/mol. The summed E-state index contributed by atoms with van der Waals surface area (Å²) in [5.74, 6) is 0.230. The first-order valence-electron chi connectivity index (χ1n) is 7.39. The molecule has 1 amide bonds. The second-order valence-corrected chi connectivity index (χ2v) is 6.12. The van der Waals surface area contributed by atoms with Crippen molar-refractivity contribution in [3.63, 3.8) is 0 Å². The van der Waals surface area contributed by atoms with Crippen molar-refractivity contribution in [1.29, 1.82) is 5.26 Å². The zero-order chi connectivity index (χ0) is 16.1. The maximum absolute atomic E-state index is 12.1. The number of nitrogens with zero attached hydrogens (tertiary/aromatic N) is 2. The summed E-state index contributed by atoms with van der Waals surface area (Å²) in [5, 5.41) is 21.5. The predicted octanol–water partition coefficient (Wildman–Crippen LogP) is 2.24. The molecule has 6 heteroatoms. The van der Waals surface area contributed by atoms with Crippen molar-refractivity contribution in [2.24, 2.45) is 5.92 Å². The highest BCUT2D eigenvalue weighted by molar-refractivity contribution is 6.32. The van der Waals surface area contributed by atoms with Crippen LogP contribution in [0, 0.1) is 17.2 Å². The summed E-state index contributed by atoms with van der Waals surface area (Å²) in [6.07, 6.45) is 1.54. The average Bonchev–Trinajstić information content (AvgIpc) is 2.48. The van der Waals surface area contributed by atoms with Crippen molar-refractivity contribution in [3.8, 4) is 6.07 Å². The van der Waals surface area contributed by atoms with E-state index in [9.17, 15) is 9.90 Å². The van der Waals surface area contributed by atoms with Gasteiger partial charge in [-0.2, -0.15) is 5.26 Å². The Morgan fingerprint density at radius 1 is 1.55 bits per heavy atom. The lowest BCUT2D eigenvalue weighted by atomic mass is 9.92. The highest BCUT2D eigenvalue weighted by Gasteiger charge is 2.23. The second-order valence-electron chi connectivity index (χ2n) is 5.71. The number of anilines is 1. The number of halogens is 1. The minimum Gasteiger partial charge on any atom is -0.393 e. The summed E-state index contributed by atoms with van der Waals surface area (Å²) >= 11 is 5.94. The van der Waals surface area contributed by atoms with Crippen LogP contribution in [0.25, 0.3) is 0 Å². The Labute approximate surface area is 135 Å². The third-order valence-corrected chi connectivity index (χ3v) is 4.37. The number of aliphatic hydroxyl groups excluding tert-OH is 1. The van der Waals surface area contributed by atoms with Crippen LogP contribution < -0.4 is 5.32 Å². The standard InChI is InChI=1S/C16H20ClN3O2/c1-11(21)12-4-6-20(7-5-12)10-16(22)19-14-3-2-13(9-18)15(17)8-14/h2-3,8,11-12,21H,4-7,10H2,1H3,(H,19,22). The maximum atomic E-state index is 12.1. The third kappa shape index (κ3) is 4.44. The number of amides is 1. The predicted molar refractivity (Wildman–Crippen MR) is 85.6 cm³/mol. The number of carbonyl (C=O) groups excluding carboxylic acids is 1. The molecule has 1 unspecified atom stereocenters. The summed E-state index contributed by atoms with van der Waals surface area (Å²) < 4.78 is 0. The number of rotatable bonds is 4. The van der Waals surface area contributed by atoms with Crippen molar-refractivity contribution in [2.45, 2.75) is 25.9 Å². The van der Waals surface area contributed by atoms with E-state index in [2.05, 4.69) is 10.2 Å². The van der Waals surface area contributed by atoms with Gasteiger partial charge in [-0.15, -0.1) is 0 Å². The molecule has 2 N–H and O–H groups in total. The fraction of sp³-hybridized carbons (Fsp3) is 0.500. The molecule has 1 saturated heterocycles. The van der Waals surface area contributed by atoms with E-state index in [0.717, 1.165) is 25.9 Å². The van der Waals surface area contributed by atoms with E-state index in [1.165, 1.54) is 0 Å². The fourth-order valence-corrected chi connectivity index (χ4v) is 2.90. The molecule has 0 aliphatic carbocycles. The summed E-state index contributed by atoms with van der Waals surface area (Å²) in [7, 11) is 0. The SMILES string of the molecule is CC(O)C1CCN(CC(=O)Nc2ccc(C#N)c(Cl)c2)CC1. The molecular weight excluding hydrogens is 302 g/mol. The first-order chi connectivity index (χ1) is 10.5. The smallest absolute Gasteiger partial charge is 0.238 e. The third-order valence-electron chi connectivity index (χ3n) is 4.05. The number of aliphatic hydroxyl groups is 1. The largest absolute Gasteiger partial charge is 0.393 e. The van der Waals surface area contributed by atoms with Gasteiger partial charge in [-0.3, -0.25) is 9.69 Å². The Morgan fingerprint density at radius 2 is 2.23 bits per heavy atom. The zero-order valence-corrected chi connectivity index (χ0v) is 13.3. The number of benzene rings is 1. The first kappa shape index (κ1) is 16.8. The van der Waals surface area contributed by atoms with Gasteiger partial charge in [0.2, 0.25) is 5.91 Å². The van der Waals surface area contributed by atoms with Crippen molar-refractivity contribution in [2.75, 3.05) is 25.0 Å². The van der Waals surface area contributed by atoms with Crippen molar-refractivity contribution < 1.29 is 9.90 Å². The van der Waals surface area contributed by atoms with Crippen LogP contribution in [0.2, 0.25) is 5.02 Å². The Balaban J connectivity index is 1.84. The van der Waals surface area contributed by atoms with Gasteiger partial charge in [0.1, 0.15) is 6.07 Å².